The Morgan fingerprint density at radius 2 is 0.786 bits per heavy atom. The zero-order chi connectivity index (χ0) is 11.7. The minimum absolute atomic E-state index is 0. The van der Waals surface area contributed by atoms with Crippen molar-refractivity contribution in [2.75, 3.05) is 0 Å². The molecule has 0 bridgehead atoms. The van der Waals surface area contributed by atoms with E-state index in [1.54, 1.807) is 0 Å². The Labute approximate surface area is 97.3 Å². The molecule has 0 aromatic heterocycles. The summed E-state index contributed by atoms with van der Waals surface area (Å²) in [7, 11) is -1.66. The summed E-state index contributed by atoms with van der Waals surface area (Å²) >= 11 is -0.363. The van der Waals surface area contributed by atoms with Crippen molar-refractivity contribution in [2.45, 2.75) is 0 Å². The first-order valence-corrected chi connectivity index (χ1v) is 9.92. The van der Waals surface area contributed by atoms with Crippen LogP contribution in [0.4, 0.5) is 0 Å². The average Bonchev–Trinajstić information content (AvgIpc) is 1.52. The summed E-state index contributed by atoms with van der Waals surface area (Å²) in [4.78, 5) is 0. The van der Waals surface area contributed by atoms with Crippen molar-refractivity contribution in [1.29, 1.82) is 0 Å². The molecular formula is CMoO8S4. The van der Waals surface area contributed by atoms with Gasteiger partial charge in [0.05, 0.1) is 0 Å². The van der Waals surface area contributed by atoms with Crippen LogP contribution in [0.3, 0.4) is 0 Å². The van der Waals surface area contributed by atoms with Crippen molar-refractivity contribution in [3.63, 3.8) is 0 Å². The van der Waals surface area contributed by atoms with Crippen LogP contribution in [-0.4, -0.2) is 35.0 Å². The molecule has 14 heavy (non-hydrogen) atoms. The van der Waals surface area contributed by atoms with Crippen LogP contribution in [0.5, 0.6) is 0 Å². The Hall–Kier alpha value is 0.868. The van der Waals surface area contributed by atoms with E-state index >= 15 is 0 Å². The molecule has 0 spiro atoms. The van der Waals surface area contributed by atoms with Crippen LogP contribution in [0.2, 0.25) is 0 Å². The zero-order valence-corrected chi connectivity index (χ0v) is 11.1. The van der Waals surface area contributed by atoms with Gasteiger partial charge in [0.1, 0.15) is 0 Å². The minimum atomic E-state index is -5.17. The van der Waals surface area contributed by atoms with Gasteiger partial charge >= 0.3 is 42.0 Å². The maximum atomic E-state index is 8.52. The molecule has 13 heteroatoms. The van der Waals surface area contributed by atoms with Gasteiger partial charge in [-0.3, -0.25) is 16.8 Å². The van der Waals surface area contributed by atoms with Gasteiger partial charge in [-0.25, -0.2) is 0 Å². The Morgan fingerprint density at radius 3 is 0.786 bits per heavy atom. The first kappa shape index (κ1) is 24.2. The number of rotatable bonds is 0. The van der Waals surface area contributed by atoms with Crippen molar-refractivity contribution < 1.29 is 50.0 Å². The third-order valence-corrected chi connectivity index (χ3v) is 0. The van der Waals surface area contributed by atoms with E-state index in [-0.39, 0.29) is 22.4 Å². The summed E-state index contributed by atoms with van der Waals surface area (Å²) in [5, 5.41) is 0. The molecule has 0 aliphatic rings. The summed E-state index contributed by atoms with van der Waals surface area (Å²) in [5.41, 5.74) is 0. The fourth-order valence-corrected chi connectivity index (χ4v) is 0. The van der Waals surface area contributed by atoms with E-state index in [2.05, 4.69) is 19.6 Å². The average molecular weight is 364 g/mol. The second-order valence-electron chi connectivity index (χ2n) is 0.885. The van der Waals surface area contributed by atoms with Crippen molar-refractivity contribution in [3.05, 3.63) is 7.43 Å². The van der Waals surface area contributed by atoms with Gasteiger partial charge < -0.3 is 18.2 Å². The molecule has 0 saturated heterocycles. The van der Waals surface area contributed by atoms with Crippen molar-refractivity contribution >= 4 is 40.4 Å². The van der Waals surface area contributed by atoms with Gasteiger partial charge in [0.2, 0.25) is 0 Å². The topological polar surface area (TPSA) is 161 Å². The van der Waals surface area contributed by atoms with Crippen LogP contribution in [-0.2, 0) is 35.7 Å². The second kappa shape index (κ2) is 11.9. The monoisotopic (exact) mass is 366 g/mol. The van der Waals surface area contributed by atoms with Gasteiger partial charge in [-0.05, 0) is 0 Å². The third kappa shape index (κ3) is 2400. The van der Waals surface area contributed by atoms with Gasteiger partial charge in [-0.15, -0.1) is 0 Å². The molecule has 0 aliphatic carbocycles. The SMILES string of the molecule is O=S(=O)([O-])[O-].O=S(=O)([O-])[O-].[C+4].[S]=[Mo]=[S]. The summed E-state index contributed by atoms with van der Waals surface area (Å²) in [6.45, 7) is 0. The predicted molar refractivity (Wildman–Crippen MR) is 39.4 cm³/mol. The maximum absolute atomic E-state index is 8.52. The van der Waals surface area contributed by atoms with E-state index in [4.69, 9.17) is 35.0 Å². The summed E-state index contributed by atoms with van der Waals surface area (Å²) in [6.07, 6.45) is 0. The molecule has 0 atom stereocenters. The summed E-state index contributed by atoms with van der Waals surface area (Å²) in [5.74, 6) is 0. The molecule has 0 aromatic rings. The second-order valence-corrected chi connectivity index (χ2v) is 6.07. The molecule has 8 nitrogen and oxygen atoms in total. The Bertz CT molecular complexity index is 286. The molecular weight excluding hydrogens is 364 g/mol. The van der Waals surface area contributed by atoms with Gasteiger partial charge in [-0.2, -0.15) is 0 Å². The van der Waals surface area contributed by atoms with E-state index in [9.17, 15) is 0 Å². The molecule has 0 radical (unpaired) electrons. The molecule has 0 rings (SSSR count). The van der Waals surface area contributed by atoms with E-state index in [1.807, 2.05) is 0 Å². The quantitative estimate of drug-likeness (QED) is 0.287. The molecule has 0 saturated carbocycles. The van der Waals surface area contributed by atoms with Gasteiger partial charge in [-0.1, -0.05) is 0 Å². The molecule has 0 heterocycles. The Balaban J connectivity index is -0.0000000535. The van der Waals surface area contributed by atoms with Crippen LogP contribution < -0.4 is 0 Å². The number of hydrogen-bond acceptors (Lipinski definition) is 10. The van der Waals surface area contributed by atoms with Crippen LogP contribution >= 0.6 is 19.6 Å². The molecule has 0 fully saturated rings. The van der Waals surface area contributed by atoms with Crippen molar-refractivity contribution in [3.8, 4) is 0 Å². The van der Waals surface area contributed by atoms with Gasteiger partial charge in [0, 0.05) is 20.8 Å². The zero-order valence-electron chi connectivity index (χ0n) is 5.81. The standard InChI is InChI=1S/C.Mo.2H2O4S.2S/c;;2*1-5(2,3)4;;/h;;2*(H2,1,2,3,4);;/q+4;;;;;/p-4. The van der Waals surface area contributed by atoms with Crippen LogP contribution in [0, 0.1) is 7.43 Å². The third-order valence-electron chi connectivity index (χ3n) is 0. The van der Waals surface area contributed by atoms with E-state index in [0.717, 1.165) is 0 Å². The van der Waals surface area contributed by atoms with Gasteiger partial charge in [0.15, 0.2) is 0 Å². The van der Waals surface area contributed by atoms with E-state index < -0.39 is 20.8 Å². The van der Waals surface area contributed by atoms with Gasteiger partial charge in [0.25, 0.3) is 0 Å². The molecule has 0 aromatic carbocycles. The van der Waals surface area contributed by atoms with Crippen LogP contribution in [0.1, 0.15) is 0 Å². The molecule has 82 valence electrons. The van der Waals surface area contributed by atoms with Crippen molar-refractivity contribution in [2.24, 2.45) is 0 Å². The first-order chi connectivity index (χ1) is 5.41. The molecule has 0 amide bonds. The van der Waals surface area contributed by atoms with E-state index in [0.29, 0.717) is 0 Å². The fourth-order valence-electron chi connectivity index (χ4n) is 0. The Kier molecular flexibility index (Phi) is 20.6. The normalized spacial score (nSPS) is 9.14. The Morgan fingerprint density at radius 1 is 0.786 bits per heavy atom. The molecule has 0 unspecified atom stereocenters. The first-order valence-electron chi connectivity index (χ1n) is 1.67. The molecule has 0 aliphatic heterocycles. The van der Waals surface area contributed by atoms with Crippen LogP contribution in [0.25, 0.3) is 0 Å². The molecule has 0 N–H and O–H groups in total. The van der Waals surface area contributed by atoms with Crippen molar-refractivity contribution in [1.82, 2.24) is 0 Å². The summed E-state index contributed by atoms with van der Waals surface area (Å²) in [6, 6.07) is 0. The number of hydrogen-bond donors (Lipinski definition) is 0. The fraction of sp³-hybridized carbons (Fsp3) is 0. The summed E-state index contributed by atoms with van der Waals surface area (Å²) < 4.78 is 68.2. The van der Waals surface area contributed by atoms with E-state index in [1.165, 1.54) is 0 Å². The van der Waals surface area contributed by atoms with Crippen LogP contribution in [0.15, 0.2) is 0 Å². The predicted octanol–water partition coefficient (Wildman–Crippen LogP) is -1.30.